The van der Waals surface area contributed by atoms with Crippen LogP contribution in [0.2, 0.25) is 0 Å². The maximum Gasteiger partial charge on any atom is 0.410 e. The average Bonchev–Trinajstić information content (AvgIpc) is 2.83. The molecule has 2 unspecified atom stereocenters. The Morgan fingerprint density at radius 3 is 2.61 bits per heavy atom. The van der Waals surface area contributed by atoms with Gasteiger partial charge in [0, 0.05) is 31.7 Å². The summed E-state index contributed by atoms with van der Waals surface area (Å²) in [7, 11) is 1.75. The van der Waals surface area contributed by atoms with Crippen molar-refractivity contribution in [3.8, 4) is 0 Å². The van der Waals surface area contributed by atoms with Gasteiger partial charge in [-0.3, -0.25) is 9.48 Å². The lowest BCUT2D eigenvalue weighted by atomic mass is 9.93. The maximum atomic E-state index is 12.5. The number of Topliss-reactive ketones (excluding diaryl/α,β-unsaturated/α-hetero) is 1. The van der Waals surface area contributed by atoms with Gasteiger partial charge in [0.2, 0.25) is 0 Å². The first-order chi connectivity index (χ1) is 10.7. The van der Waals surface area contributed by atoms with Gasteiger partial charge in [-0.1, -0.05) is 0 Å². The molecule has 1 amide bonds. The van der Waals surface area contributed by atoms with E-state index >= 15 is 0 Å². The third-order valence-corrected chi connectivity index (χ3v) is 4.16. The van der Waals surface area contributed by atoms with Crippen LogP contribution in [-0.2, 0) is 11.8 Å². The fourth-order valence-electron chi connectivity index (χ4n) is 3.10. The number of hydrogen-bond donors (Lipinski definition) is 0. The van der Waals surface area contributed by atoms with Gasteiger partial charge in [-0.05, 0) is 53.0 Å². The molecule has 0 aromatic carbocycles. The Kier molecular flexibility index (Phi) is 5.12. The van der Waals surface area contributed by atoms with Crippen LogP contribution in [-0.4, -0.2) is 44.2 Å². The number of aryl methyl sites for hydroxylation is 1. The molecule has 1 saturated heterocycles. The summed E-state index contributed by atoms with van der Waals surface area (Å²) in [5, 5.41) is 4.04. The van der Waals surface area contributed by atoms with E-state index in [4.69, 9.17) is 4.74 Å². The van der Waals surface area contributed by atoms with Crippen LogP contribution in [0.15, 0.2) is 12.3 Å². The second-order valence-corrected chi connectivity index (χ2v) is 7.29. The predicted octanol–water partition coefficient (Wildman–Crippen LogP) is 3.17. The summed E-state index contributed by atoms with van der Waals surface area (Å²) in [5.41, 5.74) is 0.0394. The van der Waals surface area contributed by atoms with Crippen molar-refractivity contribution in [3.05, 3.63) is 18.0 Å². The molecule has 6 nitrogen and oxygen atoms in total. The van der Waals surface area contributed by atoms with E-state index in [1.165, 1.54) is 0 Å². The Balaban J connectivity index is 2.12. The largest absolute Gasteiger partial charge is 0.444 e. The van der Waals surface area contributed by atoms with Crippen molar-refractivity contribution in [2.75, 3.05) is 0 Å². The molecule has 128 valence electrons. The standard InChI is InChI=1S/C17H27N3O3/c1-12-7-6-8-13(20(12)16(22)23-17(2,3)4)11-15(21)14-9-10-18-19(14)5/h9-10,12-13H,6-8,11H2,1-5H3. The maximum absolute atomic E-state index is 12.5. The molecule has 2 heterocycles. The third-order valence-electron chi connectivity index (χ3n) is 4.16. The summed E-state index contributed by atoms with van der Waals surface area (Å²) in [6.45, 7) is 7.59. The van der Waals surface area contributed by atoms with E-state index in [0.29, 0.717) is 12.1 Å². The van der Waals surface area contributed by atoms with Crippen molar-refractivity contribution in [1.82, 2.24) is 14.7 Å². The Hall–Kier alpha value is -1.85. The zero-order valence-electron chi connectivity index (χ0n) is 14.7. The van der Waals surface area contributed by atoms with E-state index in [2.05, 4.69) is 5.10 Å². The first-order valence-corrected chi connectivity index (χ1v) is 8.21. The van der Waals surface area contributed by atoms with Crippen LogP contribution >= 0.6 is 0 Å². The lowest BCUT2D eigenvalue weighted by Gasteiger charge is -2.41. The number of hydrogen-bond acceptors (Lipinski definition) is 4. The highest BCUT2D eigenvalue weighted by atomic mass is 16.6. The van der Waals surface area contributed by atoms with Gasteiger partial charge in [0.05, 0.1) is 0 Å². The van der Waals surface area contributed by atoms with E-state index in [1.807, 2.05) is 27.7 Å². The molecule has 0 bridgehead atoms. The molecule has 1 aliphatic heterocycles. The highest BCUT2D eigenvalue weighted by Crippen LogP contribution is 2.28. The SMILES string of the molecule is CC1CCCC(CC(=O)c2ccnn2C)N1C(=O)OC(C)(C)C. The van der Waals surface area contributed by atoms with Crippen LogP contribution < -0.4 is 0 Å². The van der Waals surface area contributed by atoms with E-state index < -0.39 is 5.60 Å². The topological polar surface area (TPSA) is 64.4 Å². The van der Waals surface area contributed by atoms with Crippen molar-refractivity contribution in [3.63, 3.8) is 0 Å². The lowest BCUT2D eigenvalue weighted by Crippen LogP contribution is -2.51. The van der Waals surface area contributed by atoms with Gasteiger partial charge in [-0.25, -0.2) is 4.79 Å². The molecule has 6 heteroatoms. The van der Waals surface area contributed by atoms with Crippen molar-refractivity contribution in [1.29, 1.82) is 0 Å². The third kappa shape index (κ3) is 4.33. The van der Waals surface area contributed by atoms with Crippen LogP contribution in [0.25, 0.3) is 0 Å². The second-order valence-electron chi connectivity index (χ2n) is 7.29. The van der Waals surface area contributed by atoms with Crippen molar-refractivity contribution < 1.29 is 14.3 Å². The van der Waals surface area contributed by atoms with E-state index in [9.17, 15) is 9.59 Å². The molecule has 23 heavy (non-hydrogen) atoms. The number of piperidine rings is 1. The summed E-state index contributed by atoms with van der Waals surface area (Å²) in [6, 6.07) is 1.69. The molecule has 1 fully saturated rings. The Bertz CT molecular complexity index is 574. The average molecular weight is 321 g/mol. The zero-order valence-corrected chi connectivity index (χ0v) is 14.7. The first-order valence-electron chi connectivity index (χ1n) is 8.21. The Morgan fingerprint density at radius 1 is 1.35 bits per heavy atom. The van der Waals surface area contributed by atoms with Gasteiger partial charge in [-0.15, -0.1) is 0 Å². The first kappa shape index (κ1) is 17.5. The lowest BCUT2D eigenvalue weighted by molar-refractivity contribution is -0.00309. The molecule has 2 atom stereocenters. The van der Waals surface area contributed by atoms with Gasteiger partial charge >= 0.3 is 6.09 Å². The Labute approximate surface area is 137 Å². The molecule has 0 N–H and O–H groups in total. The van der Waals surface area contributed by atoms with Crippen LogP contribution in [0.5, 0.6) is 0 Å². The molecule has 2 rings (SSSR count). The quantitative estimate of drug-likeness (QED) is 0.802. The summed E-state index contributed by atoms with van der Waals surface area (Å²) in [6.07, 6.45) is 4.38. The number of aromatic nitrogens is 2. The molecule has 0 radical (unpaired) electrons. The Morgan fingerprint density at radius 2 is 2.04 bits per heavy atom. The number of rotatable bonds is 3. The monoisotopic (exact) mass is 321 g/mol. The van der Waals surface area contributed by atoms with Crippen LogP contribution in [0, 0.1) is 0 Å². The second kappa shape index (κ2) is 6.72. The molecule has 1 aliphatic rings. The van der Waals surface area contributed by atoms with Gasteiger partial charge in [0.15, 0.2) is 5.78 Å². The summed E-state index contributed by atoms with van der Waals surface area (Å²) in [5.74, 6) is 0.0117. The molecule has 1 aromatic rings. The van der Waals surface area contributed by atoms with Crippen LogP contribution in [0.3, 0.4) is 0 Å². The van der Waals surface area contributed by atoms with Gasteiger partial charge in [0.25, 0.3) is 0 Å². The van der Waals surface area contributed by atoms with E-state index in [0.717, 1.165) is 19.3 Å². The van der Waals surface area contributed by atoms with Gasteiger partial charge in [0.1, 0.15) is 11.3 Å². The molecule has 0 saturated carbocycles. The molecular weight excluding hydrogens is 294 g/mol. The number of carbonyl (C=O) groups is 2. The highest BCUT2D eigenvalue weighted by Gasteiger charge is 2.36. The predicted molar refractivity (Wildman–Crippen MR) is 87.3 cm³/mol. The summed E-state index contributed by atoms with van der Waals surface area (Å²) in [4.78, 5) is 26.8. The number of nitrogens with zero attached hydrogens (tertiary/aromatic N) is 3. The van der Waals surface area contributed by atoms with Crippen LogP contribution in [0.1, 0.15) is 63.9 Å². The zero-order chi connectivity index (χ0) is 17.2. The molecule has 0 aliphatic carbocycles. The fourth-order valence-corrected chi connectivity index (χ4v) is 3.10. The number of amides is 1. The number of ketones is 1. The minimum Gasteiger partial charge on any atom is -0.444 e. The number of carbonyl (C=O) groups excluding carboxylic acids is 2. The summed E-state index contributed by atoms with van der Waals surface area (Å²) >= 11 is 0. The van der Waals surface area contributed by atoms with Crippen LogP contribution in [0.4, 0.5) is 4.79 Å². The molecule has 1 aromatic heterocycles. The van der Waals surface area contributed by atoms with Crippen molar-refractivity contribution in [2.45, 2.75) is 71.1 Å². The minimum atomic E-state index is -0.537. The van der Waals surface area contributed by atoms with Crippen molar-refractivity contribution >= 4 is 11.9 Å². The van der Waals surface area contributed by atoms with Gasteiger partial charge in [-0.2, -0.15) is 5.10 Å². The van der Waals surface area contributed by atoms with E-state index in [-0.39, 0.29) is 24.0 Å². The fraction of sp³-hybridized carbons (Fsp3) is 0.706. The smallest absolute Gasteiger partial charge is 0.410 e. The highest BCUT2D eigenvalue weighted by molar-refractivity contribution is 5.95. The molecule has 0 spiro atoms. The van der Waals surface area contributed by atoms with Crippen molar-refractivity contribution in [2.24, 2.45) is 7.05 Å². The minimum absolute atomic E-state index is 0.0117. The van der Waals surface area contributed by atoms with Gasteiger partial charge < -0.3 is 9.64 Å². The number of ether oxygens (including phenoxy) is 1. The summed E-state index contributed by atoms with van der Waals surface area (Å²) < 4.78 is 7.11. The number of likely N-dealkylation sites (tertiary alicyclic amines) is 1. The van der Waals surface area contributed by atoms with E-state index in [1.54, 1.807) is 28.9 Å². The molecular formula is C17H27N3O3. The normalized spacial score (nSPS) is 22.0.